The largest absolute Gasteiger partial charge is 0.344 e. The number of nitrogens with one attached hydrogen (secondary N) is 1. The summed E-state index contributed by atoms with van der Waals surface area (Å²) in [5, 5.41) is 0. The molecular weight excluding hydrogens is 246 g/mol. The van der Waals surface area contributed by atoms with Crippen molar-refractivity contribution in [3.05, 3.63) is 17.2 Å². The summed E-state index contributed by atoms with van der Waals surface area (Å²) in [7, 11) is 0. The van der Waals surface area contributed by atoms with Gasteiger partial charge in [-0.15, -0.1) is 0 Å². The van der Waals surface area contributed by atoms with Crippen LogP contribution in [0.15, 0.2) is 0 Å². The number of aryl methyl sites for hydroxylation is 1. The predicted molar refractivity (Wildman–Crippen MR) is 80.4 cm³/mol. The van der Waals surface area contributed by atoms with Crippen LogP contribution in [0, 0.1) is 23.7 Å². The van der Waals surface area contributed by atoms with E-state index >= 15 is 0 Å². The summed E-state index contributed by atoms with van der Waals surface area (Å²) in [4.78, 5) is 8.45. The van der Waals surface area contributed by atoms with Gasteiger partial charge in [-0.25, -0.2) is 4.98 Å². The van der Waals surface area contributed by atoms with Crippen molar-refractivity contribution in [1.29, 1.82) is 0 Å². The summed E-state index contributed by atoms with van der Waals surface area (Å²) in [5.74, 6) is 5.59. The molecule has 3 N–H and O–H groups in total. The molecule has 5 rings (SSSR count). The smallest absolute Gasteiger partial charge is 0.123 e. The van der Waals surface area contributed by atoms with Crippen LogP contribution in [0.5, 0.6) is 0 Å². The SMILES string of the molecule is CCc1[nH]c(C(C)N)nc1C1C2CC3CC(C2)CC1C3. The van der Waals surface area contributed by atoms with Crippen LogP contribution >= 0.6 is 0 Å². The molecule has 0 saturated heterocycles. The zero-order valence-corrected chi connectivity index (χ0v) is 12.7. The molecule has 1 heterocycles. The number of nitrogens with zero attached hydrogens (tertiary/aromatic N) is 1. The van der Waals surface area contributed by atoms with Crippen LogP contribution in [0.4, 0.5) is 0 Å². The molecule has 110 valence electrons. The van der Waals surface area contributed by atoms with E-state index in [1.807, 2.05) is 6.92 Å². The van der Waals surface area contributed by atoms with Gasteiger partial charge in [0.15, 0.2) is 0 Å². The first kappa shape index (κ1) is 12.9. The van der Waals surface area contributed by atoms with Crippen LogP contribution in [-0.2, 0) is 6.42 Å². The molecule has 1 aromatic heterocycles. The number of hydrogen-bond acceptors (Lipinski definition) is 2. The number of imidazole rings is 1. The summed E-state index contributed by atoms with van der Waals surface area (Å²) in [6.45, 7) is 4.26. The van der Waals surface area contributed by atoms with Crippen molar-refractivity contribution >= 4 is 0 Å². The zero-order valence-electron chi connectivity index (χ0n) is 12.7. The molecule has 1 atom stereocenters. The van der Waals surface area contributed by atoms with Crippen molar-refractivity contribution in [2.45, 2.75) is 64.3 Å². The van der Waals surface area contributed by atoms with Crippen molar-refractivity contribution in [2.75, 3.05) is 0 Å². The van der Waals surface area contributed by atoms with Gasteiger partial charge in [-0.05, 0) is 69.1 Å². The maximum atomic E-state index is 6.03. The Morgan fingerprint density at radius 1 is 1.15 bits per heavy atom. The Balaban J connectivity index is 1.70. The Morgan fingerprint density at radius 3 is 2.25 bits per heavy atom. The van der Waals surface area contributed by atoms with Crippen LogP contribution in [0.1, 0.15) is 75.1 Å². The lowest BCUT2D eigenvalue weighted by Gasteiger charge is -2.54. The van der Waals surface area contributed by atoms with Crippen molar-refractivity contribution in [2.24, 2.45) is 29.4 Å². The third-order valence-corrected chi connectivity index (χ3v) is 6.16. The number of H-pyrrole nitrogens is 1. The molecule has 0 amide bonds. The molecule has 3 nitrogen and oxygen atoms in total. The van der Waals surface area contributed by atoms with Crippen molar-refractivity contribution in [1.82, 2.24) is 9.97 Å². The molecule has 0 radical (unpaired) electrons. The minimum atomic E-state index is 0.0193. The van der Waals surface area contributed by atoms with E-state index in [0.717, 1.165) is 41.8 Å². The van der Waals surface area contributed by atoms with Gasteiger partial charge in [0.1, 0.15) is 5.82 Å². The summed E-state index contributed by atoms with van der Waals surface area (Å²) in [6.07, 6.45) is 8.41. The van der Waals surface area contributed by atoms with E-state index in [0.29, 0.717) is 0 Å². The lowest BCUT2D eigenvalue weighted by Crippen LogP contribution is -2.44. The Bertz CT molecular complexity index is 474. The molecule has 1 unspecified atom stereocenters. The number of aromatic nitrogens is 2. The standard InChI is InChI=1S/C17H27N3/c1-3-14-16(20-17(19-14)9(2)18)15-12-5-10-4-11(7-12)8-13(15)6-10/h9-13,15H,3-8,18H2,1-2H3,(H,19,20). The van der Waals surface area contributed by atoms with E-state index in [2.05, 4.69) is 11.9 Å². The Hall–Kier alpha value is -0.830. The molecule has 3 heteroatoms. The van der Waals surface area contributed by atoms with E-state index in [4.69, 9.17) is 10.7 Å². The average molecular weight is 273 g/mol. The third kappa shape index (κ3) is 1.86. The summed E-state index contributed by atoms with van der Waals surface area (Å²) >= 11 is 0. The van der Waals surface area contributed by atoms with Crippen LogP contribution in [0.25, 0.3) is 0 Å². The number of aromatic amines is 1. The fourth-order valence-electron chi connectivity index (χ4n) is 5.58. The lowest BCUT2D eigenvalue weighted by atomic mass is 9.51. The topological polar surface area (TPSA) is 54.7 Å². The number of rotatable bonds is 3. The Morgan fingerprint density at radius 2 is 1.75 bits per heavy atom. The second-order valence-electron chi connectivity index (χ2n) is 7.58. The number of hydrogen-bond donors (Lipinski definition) is 2. The van der Waals surface area contributed by atoms with E-state index in [1.54, 1.807) is 0 Å². The number of nitrogens with two attached hydrogens (primary N) is 1. The highest BCUT2D eigenvalue weighted by Gasteiger charge is 2.49. The maximum absolute atomic E-state index is 6.03. The van der Waals surface area contributed by atoms with Crippen LogP contribution in [-0.4, -0.2) is 9.97 Å². The van der Waals surface area contributed by atoms with Crippen molar-refractivity contribution in [3.63, 3.8) is 0 Å². The molecule has 4 saturated carbocycles. The fraction of sp³-hybridized carbons (Fsp3) is 0.824. The second-order valence-corrected chi connectivity index (χ2v) is 7.58. The fourth-order valence-corrected chi connectivity index (χ4v) is 5.58. The first-order chi connectivity index (χ1) is 9.65. The minimum absolute atomic E-state index is 0.0193. The summed E-state index contributed by atoms with van der Waals surface area (Å²) < 4.78 is 0. The van der Waals surface area contributed by atoms with Gasteiger partial charge in [0.05, 0.1) is 11.7 Å². The second kappa shape index (κ2) is 4.59. The molecule has 1 aromatic rings. The van der Waals surface area contributed by atoms with E-state index in [1.165, 1.54) is 43.5 Å². The van der Waals surface area contributed by atoms with Gasteiger partial charge in [-0.3, -0.25) is 0 Å². The molecule has 4 bridgehead atoms. The van der Waals surface area contributed by atoms with Gasteiger partial charge >= 0.3 is 0 Å². The monoisotopic (exact) mass is 273 g/mol. The molecule has 4 aliphatic rings. The van der Waals surface area contributed by atoms with Gasteiger partial charge in [0, 0.05) is 11.6 Å². The highest BCUT2D eigenvalue weighted by molar-refractivity contribution is 5.25. The van der Waals surface area contributed by atoms with E-state index in [9.17, 15) is 0 Å². The zero-order chi connectivity index (χ0) is 13.9. The van der Waals surface area contributed by atoms with Crippen LogP contribution in [0.2, 0.25) is 0 Å². The molecule has 0 aliphatic heterocycles. The highest BCUT2D eigenvalue weighted by Crippen LogP contribution is 2.59. The summed E-state index contributed by atoms with van der Waals surface area (Å²) in [5.41, 5.74) is 8.77. The van der Waals surface area contributed by atoms with Gasteiger partial charge in [-0.1, -0.05) is 6.92 Å². The highest BCUT2D eigenvalue weighted by atomic mass is 15.0. The predicted octanol–water partition coefficient (Wildman–Crippen LogP) is 3.53. The van der Waals surface area contributed by atoms with Gasteiger partial charge in [-0.2, -0.15) is 0 Å². The van der Waals surface area contributed by atoms with E-state index < -0.39 is 0 Å². The molecule has 0 spiro atoms. The van der Waals surface area contributed by atoms with E-state index in [-0.39, 0.29) is 6.04 Å². The first-order valence-corrected chi connectivity index (χ1v) is 8.50. The normalized spacial score (nSPS) is 40.2. The van der Waals surface area contributed by atoms with Gasteiger partial charge in [0.2, 0.25) is 0 Å². The van der Waals surface area contributed by atoms with Crippen molar-refractivity contribution < 1.29 is 0 Å². The molecule has 0 aromatic carbocycles. The average Bonchev–Trinajstić information content (AvgIpc) is 2.81. The first-order valence-electron chi connectivity index (χ1n) is 8.50. The minimum Gasteiger partial charge on any atom is -0.344 e. The molecule has 20 heavy (non-hydrogen) atoms. The Labute approximate surface area is 121 Å². The lowest BCUT2D eigenvalue weighted by molar-refractivity contribution is -0.00434. The van der Waals surface area contributed by atoms with Gasteiger partial charge < -0.3 is 10.7 Å². The van der Waals surface area contributed by atoms with Gasteiger partial charge in [0.25, 0.3) is 0 Å². The Kier molecular flexibility index (Phi) is 2.95. The maximum Gasteiger partial charge on any atom is 0.123 e. The molecule has 4 aliphatic carbocycles. The quantitative estimate of drug-likeness (QED) is 0.885. The molecular formula is C17H27N3. The molecule has 4 fully saturated rings. The van der Waals surface area contributed by atoms with Crippen LogP contribution < -0.4 is 5.73 Å². The summed E-state index contributed by atoms with van der Waals surface area (Å²) in [6, 6.07) is 0.0193. The van der Waals surface area contributed by atoms with Crippen molar-refractivity contribution in [3.8, 4) is 0 Å². The third-order valence-electron chi connectivity index (χ3n) is 6.16. The van der Waals surface area contributed by atoms with Crippen LogP contribution in [0.3, 0.4) is 0 Å².